The summed E-state index contributed by atoms with van der Waals surface area (Å²) in [5.41, 5.74) is -1.53. The molecule has 0 saturated carbocycles. The molecule has 1 aromatic rings. The zero-order valence-electron chi connectivity index (χ0n) is 24.4. The number of carbonyl (C=O) groups excluding carboxylic acids is 2. The van der Waals surface area contributed by atoms with E-state index in [1.807, 2.05) is 71.7 Å². The van der Waals surface area contributed by atoms with Crippen molar-refractivity contribution in [3.05, 3.63) is 35.9 Å². The van der Waals surface area contributed by atoms with E-state index >= 15 is 0 Å². The molecule has 37 heavy (non-hydrogen) atoms. The summed E-state index contributed by atoms with van der Waals surface area (Å²) < 4.78 is 10.8. The van der Waals surface area contributed by atoms with Crippen molar-refractivity contribution in [2.45, 2.75) is 91.8 Å². The number of likely N-dealkylation sites (N-methyl/N-ethyl adjacent to an activating group) is 1. The minimum absolute atomic E-state index is 0.153. The van der Waals surface area contributed by atoms with Crippen molar-refractivity contribution in [1.29, 1.82) is 0 Å². The van der Waals surface area contributed by atoms with E-state index in [0.717, 1.165) is 0 Å². The second kappa shape index (κ2) is 11.4. The summed E-state index contributed by atoms with van der Waals surface area (Å²) in [7, 11) is 1.89. The Morgan fingerprint density at radius 2 is 1.30 bits per heavy atom. The minimum Gasteiger partial charge on any atom is -0.459 e. The Bertz CT molecular complexity index is 925. The summed E-state index contributed by atoms with van der Waals surface area (Å²) in [4.78, 5) is 28.5. The number of nitrogens with zero attached hydrogens (tertiary/aromatic N) is 2. The van der Waals surface area contributed by atoms with Crippen LogP contribution in [0.4, 0.5) is 0 Å². The Hall–Kier alpha value is -2.00. The predicted molar refractivity (Wildman–Crippen MR) is 144 cm³/mol. The number of aliphatic hydroxyl groups excluding tert-OH is 2. The molecule has 8 nitrogen and oxygen atoms in total. The fourth-order valence-electron chi connectivity index (χ4n) is 4.67. The van der Waals surface area contributed by atoms with E-state index in [9.17, 15) is 19.8 Å². The van der Waals surface area contributed by atoms with Crippen molar-refractivity contribution in [3.8, 4) is 0 Å². The van der Waals surface area contributed by atoms with Crippen LogP contribution in [0.3, 0.4) is 0 Å². The van der Waals surface area contributed by atoms with Gasteiger partial charge in [0.05, 0.1) is 12.2 Å². The molecule has 0 bridgehead atoms. The summed E-state index contributed by atoms with van der Waals surface area (Å²) >= 11 is 0. The molecule has 2 unspecified atom stereocenters. The standard InChI is InChI=1S/C18H27NO3.C11H21NO3/c1-13(14-9-7-6-8-10-14)19-11-15(20)18(5,12-19)16(21)22-17(2,3)4;1-10(2,3)15-9(14)11(4)7-12(5)6-8(11)13/h6-10,13,15,20H,11-12H2,1-5H3;8,13H,6-7H2,1-5H3/t13-,15?,18+;8?,11-/m10/s1. The monoisotopic (exact) mass is 520 g/mol. The normalized spacial score (nSPS) is 29.8. The Labute approximate surface area is 222 Å². The Morgan fingerprint density at radius 1 is 0.865 bits per heavy atom. The van der Waals surface area contributed by atoms with Crippen LogP contribution < -0.4 is 0 Å². The number of hydrogen-bond donors (Lipinski definition) is 2. The largest absolute Gasteiger partial charge is 0.459 e. The molecule has 0 radical (unpaired) electrons. The van der Waals surface area contributed by atoms with Gasteiger partial charge in [-0.3, -0.25) is 14.5 Å². The van der Waals surface area contributed by atoms with Gasteiger partial charge in [-0.05, 0) is 74.9 Å². The molecule has 2 N–H and O–H groups in total. The van der Waals surface area contributed by atoms with Crippen LogP contribution in [-0.4, -0.2) is 88.6 Å². The summed E-state index contributed by atoms with van der Waals surface area (Å²) in [5, 5.41) is 20.3. The maximum Gasteiger partial charge on any atom is 0.316 e. The molecule has 2 aliphatic rings. The Balaban J connectivity index is 0.000000281. The molecule has 2 aliphatic heterocycles. The van der Waals surface area contributed by atoms with Gasteiger partial charge in [0.2, 0.25) is 0 Å². The van der Waals surface area contributed by atoms with Crippen LogP contribution in [-0.2, 0) is 19.1 Å². The number of likely N-dealkylation sites (tertiary alicyclic amines) is 2. The molecule has 2 saturated heterocycles. The topological polar surface area (TPSA) is 99.5 Å². The van der Waals surface area contributed by atoms with Gasteiger partial charge in [-0.25, -0.2) is 0 Å². The number of ether oxygens (including phenoxy) is 2. The smallest absolute Gasteiger partial charge is 0.316 e. The van der Waals surface area contributed by atoms with Gasteiger partial charge in [0.15, 0.2) is 0 Å². The van der Waals surface area contributed by atoms with Crippen molar-refractivity contribution < 1.29 is 29.3 Å². The van der Waals surface area contributed by atoms with E-state index < -0.39 is 34.2 Å². The molecule has 5 atom stereocenters. The van der Waals surface area contributed by atoms with Gasteiger partial charge in [-0.15, -0.1) is 0 Å². The van der Waals surface area contributed by atoms with Gasteiger partial charge >= 0.3 is 11.9 Å². The molecule has 0 aromatic heterocycles. The molecule has 2 fully saturated rings. The fraction of sp³-hybridized carbons (Fsp3) is 0.724. The van der Waals surface area contributed by atoms with Crippen molar-refractivity contribution in [2.24, 2.45) is 10.8 Å². The quantitative estimate of drug-likeness (QED) is 0.583. The first-order valence-electron chi connectivity index (χ1n) is 13.1. The van der Waals surface area contributed by atoms with Crippen LogP contribution in [0.15, 0.2) is 30.3 Å². The number of rotatable bonds is 4. The first kappa shape index (κ1) is 31.2. The highest BCUT2D eigenvalue weighted by molar-refractivity contribution is 5.79. The highest BCUT2D eigenvalue weighted by atomic mass is 16.6. The number of carbonyl (C=O) groups is 2. The molecule has 0 aliphatic carbocycles. The van der Waals surface area contributed by atoms with Crippen LogP contribution >= 0.6 is 0 Å². The number of benzene rings is 1. The van der Waals surface area contributed by atoms with E-state index in [0.29, 0.717) is 26.2 Å². The van der Waals surface area contributed by atoms with Crippen LogP contribution in [0.25, 0.3) is 0 Å². The first-order chi connectivity index (χ1) is 16.8. The third-order valence-corrected chi connectivity index (χ3v) is 7.05. The van der Waals surface area contributed by atoms with Gasteiger partial charge in [0, 0.05) is 32.2 Å². The minimum atomic E-state index is -0.879. The summed E-state index contributed by atoms with van der Waals surface area (Å²) in [6, 6.07) is 10.3. The molecule has 1 aromatic carbocycles. The lowest BCUT2D eigenvalue weighted by molar-refractivity contribution is -0.171. The van der Waals surface area contributed by atoms with Crippen molar-refractivity contribution in [2.75, 3.05) is 33.2 Å². The molecule has 2 heterocycles. The highest BCUT2D eigenvalue weighted by Crippen LogP contribution is 2.37. The predicted octanol–water partition coefficient (Wildman–Crippen LogP) is 3.41. The third-order valence-electron chi connectivity index (χ3n) is 7.05. The lowest BCUT2D eigenvalue weighted by Gasteiger charge is -2.30. The van der Waals surface area contributed by atoms with Gasteiger partial charge in [-0.1, -0.05) is 30.3 Å². The number of aliphatic hydroxyl groups is 2. The van der Waals surface area contributed by atoms with Gasteiger partial charge in [0.1, 0.15) is 22.0 Å². The van der Waals surface area contributed by atoms with Gasteiger partial charge < -0.3 is 24.6 Å². The lowest BCUT2D eigenvalue weighted by atomic mass is 9.87. The zero-order chi connectivity index (χ0) is 28.4. The average molecular weight is 521 g/mol. The van der Waals surface area contributed by atoms with Crippen LogP contribution in [0.5, 0.6) is 0 Å². The SMILES string of the molecule is CN1CC(O)[C@@](C)(C(=O)OC(C)(C)C)C1.C[C@H](c1ccccc1)N1CC(O)[C@@](C)(C(=O)OC(C)(C)C)C1. The molecule has 3 rings (SSSR count). The molecule has 8 heteroatoms. The van der Waals surface area contributed by atoms with Crippen LogP contribution in [0.1, 0.15) is 73.9 Å². The van der Waals surface area contributed by atoms with Crippen molar-refractivity contribution in [1.82, 2.24) is 9.80 Å². The second-order valence-electron chi connectivity index (χ2n) is 13.1. The van der Waals surface area contributed by atoms with Gasteiger partial charge in [-0.2, -0.15) is 0 Å². The van der Waals surface area contributed by atoms with E-state index in [1.165, 1.54) is 5.56 Å². The van der Waals surface area contributed by atoms with Gasteiger partial charge in [0.25, 0.3) is 0 Å². The molecule has 0 spiro atoms. The third kappa shape index (κ3) is 7.99. The Morgan fingerprint density at radius 3 is 1.70 bits per heavy atom. The van der Waals surface area contributed by atoms with E-state index in [2.05, 4.69) is 24.0 Å². The van der Waals surface area contributed by atoms with Crippen molar-refractivity contribution >= 4 is 11.9 Å². The summed E-state index contributed by atoms with van der Waals surface area (Å²) in [6.45, 7) is 18.7. The summed E-state index contributed by atoms with van der Waals surface area (Å²) in [5.74, 6) is -0.637. The van der Waals surface area contributed by atoms with E-state index in [1.54, 1.807) is 13.8 Å². The number of β-amino-alcohol motifs (C(OH)–C–C–N with tert-alkyl or cyclic N) is 2. The second-order valence-corrected chi connectivity index (χ2v) is 13.1. The fourth-order valence-corrected chi connectivity index (χ4v) is 4.67. The van der Waals surface area contributed by atoms with Crippen molar-refractivity contribution in [3.63, 3.8) is 0 Å². The lowest BCUT2D eigenvalue weighted by Crippen LogP contribution is -2.43. The maximum absolute atomic E-state index is 12.5. The maximum atomic E-state index is 12.5. The number of esters is 2. The zero-order valence-corrected chi connectivity index (χ0v) is 24.4. The Kier molecular flexibility index (Phi) is 9.62. The van der Waals surface area contributed by atoms with Crippen LogP contribution in [0, 0.1) is 10.8 Å². The van der Waals surface area contributed by atoms with Crippen LogP contribution in [0.2, 0.25) is 0 Å². The molecule has 0 amide bonds. The highest BCUT2D eigenvalue weighted by Gasteiger charge is 2.51. The summed E-state index contributed by atoms with van der Waals surface area (Å²) in [6.07, 6.45) is -1.36. The van der Waals surface area contributed by atoms with E-state index in [4.69, 9.17) is 9.47 Å². The first-order valence-corrected chi connectivity index (χ1v) is 13.1. The average Bonchev–Trinajstić information content (AvgIpc) is 3.21. The molecule has 210 valence electrons. The molecular weight excluding hydrogens is 472 g/mol. The number of hydrogen-bond acceptors (Lipinski definition) is 8. The molecular formula is C29H48N2O6. The van der Waals surface area contributed by atoms with E-state index in [-0.39, 0.29) is 18.0 Å².